The van der Waals surface area contributed by atoms with Crippen LogP contribution in [0.2, 0.25) is 5.02 Å². The van der Waals surface area contributed by atoms with Gasteiger partial charge in [-0.1, -0.05) is 11.6 Å². The number of aromatic amines is 1. The summed E-state index contributed by atoms with van der Waals surface area (Å²) < 4.78 is 5.27. The SMILES string of the molecule is COc1ccc(Cl)cc1NC(C)c1cnc[nH]1. The number of benzene rings is 1. The number of methoxy groups -OCH3 is 1. The number of hydrogen-bond acceptors (Lipinski definition) is 3. The Kier molecular flexibility index (Phi) is 3.54. The normalized spacial score (nSPS) is 12.2. The summed E-state index contributed by atoms with van der Waals surface area (Å²) in [6.45, 7) is 2.04. The van der Waals surface area contributed by atoms with Crippen molar-refractivity contribution in [3.05, 3.63) is 41.4 Å². The molecule has 2 aromatic rings. The Bertz CT molecular complexity index is 485. The maximum atomic E-state index is 5.97. The van der Waals surface area contributed by atoms with Crippen LogP contribution >= 0.6 is 11.6 Å². The lowest BCUT2D eigenvalue weighted by atomic mass is 10.2. The van der Waals surface area contributed by atoms with Crippen LogP contribution in [0, 0.1) is 0 Å². The van der Waals surface area contributed by atoms with E-state index in [9.17, 15) is 0 Å². The molecule has 1 unspecified atom stereocenters. The van der Waals surface area contributed by atoms with Gasteiger partial charge in [0.15, 0.2) is 0 Å². The summed E-state index contributed by atoms with van der Waals surface area (Å²) >= 11 is 5.97. The maximum absolute atomic E-state index is 5.97. The van der Waals surface area contributed by atoms with Crippen molar-refractivity contribution in [1.82, 2.24) is 9.97 Å². The zero-order valence-corrected chi connectivity index (χ0v) is 10.5. The molecule has 2 rings (SSSR count). The maximum Gasteiger partial charge on any atom is 0.142 e. The summed E-state index contributed by atoms with van der Waals surface area (Å²) in [7, 11) is 1.63. The van der Waals surface area contributed by atoms with Gasteiger partial charge in [-0.15, -0.1) is 0 Å². The molecule has 0 saturated heterocycles. The van der Waals surface area contributed by atoms with Crippen LogP contribution in [0.1, 0.15) is 18.7 Å². The molecule has 90 valence electrons. The number of hydrogen-bond donors (Lipinski definition) is 2. The second kappa shape index (κ2) is 5.10. The molecule has 0 amide bonds. The van der Waals surface area contributed by atoms with Gasteiger partial charge in [0.1, 0.15) is 5.75 Å². The number of H-pyrrole nitrogens is 1. The highest BCUT2D eigenvalue weighted by atomic mass is 35.5. The van der Waals surface area contributed by atoms with Crippen LogP contribution in [-0.4, -0.2) is 17.1 Å². The first-order valence-electron chi connectivity index (χ1n) is 5.29. The minimum Gasteiger partial charge on any atom is -0.495 e. The third-order valence-electron chi connectivity index (χ3n) is 2.52. The van der Waals surface area contributed by atoms with E-state index in [0.717, 1.165) is 17.1 Å². The van der Waals surface area contributed by atoms with Crippen LogP contribution in [0.15, 0.2) is 30.7 Å². The summed E-state index contributed by atoms with van der Waals surface area (Å²) in [5.41, 5.74) is 1.87. The Labute approximate surface area is 105 Å². The van der Waals surface area contributed by atoms with Gasteiger partial charge in [-0.05, 0) is 25.1 Å². The molecule has 2 N–H and O–H groups in total. The second-order valence-corrected chi connectivity index (χ2v) is 4.15. The minimum absolute atomic E-state index is 0.102. The predicted molar refractivity (Wildman–Crippen MR) is 68.6 cm³/mol. The molecule has 0 bridgehead atoms. The van der Waals surface area contributed by atoms with E-state index in [1.165, 1.54) is 0 Å². The number of rotatable bonds is 4. The molecule has 1 heterocycles. The lowest BCUT2D eigenvalue weighted by Crippen LogP contribution is -2.07. The zero-order chi connectivity index (χ0) is 12.3. The van der Waals surface area contributed by atoms with Gasteiger partial charge in [0.05, 0.1) is 30.9 Å². The largest absolute Gasteiger partial charge is 0.495 e. The fraction of sp³-hybridized carbons (Fsp3) is 0.250. The lowest BCUT2D eigenvalue weighted by Gasteiger charge is -2.16. The van der Waals surface area contributed by atoms with E-state index in [1.807, 2.05) is 19.1 Å². The number of aromatic nitrogens is 2. The molecule has 17 heavy (non-hydrogen) atoms. The Morgan fingerprint density at radius 2 is 2.29 bits per heavy atom. The van der Waals surface area contributed by atoms with Crippen molar-refractivity contribution >= 4 is 17.3 Å². The van der Waals surface area contributed by atoms with E-state index < -0.39 is 0 Å². The molecule has 0 radical (unpaired) electrons. The minimum atomic E-state index is 0.102. The Balaban J connectivity index is 2.20. The van der Waals surface area contributed by atoms with Crippen LogP contribution in [0.25, 0.3) is 0 Å². The van der Waals surface area contributed by atoms with Gasteiger partial charge in [-0.3, -0.25) is 0 Å². The molecule has 1 atom stereocenters. The number of ether oxygens (including phenoxy) is 1. The number of anilines is 1. The van der Waals surface area contributed by atoms with E-state index in [-0.39, 0.29) is 6.04 Å². The Morgan fingerprint density at radius 1 is 1.47 bits per heavy atom. The monoisotopic (exact) mass is 251 g/mol. The van der Waals surface area contributed by atoms with Crippen LogP contribution in [0.3, 0.4) is 0 Å². The van der Waals surface area contributed by atoms with E-state index >= 15 is 0 Å². The molecule has 0 fully saturated rings. The predicted octanol–water partition coefficient (Wildman–Crippen LogP) is 3.24. The van der Waals surface area contributed by atoms with Gasteiger partial charge < -0.3 is 15.0 Å². The second-order valence-electron chi connectivity index (χ2n) is 3.72. The van der Waals surface area contributed by atoms with Crippen molar-refractivity contribution in [3.8, 4) is 5.75 Å². The highest BCUT2D eigenvalue weighted by molar-refractivity contribution is 6.30. The van der Waals surface area contributed by atoms with Gasteiger partial charge >= 0.3 is 0 Å². The molecule has 0 aliphatic heterocycles. The molecule has 0 aliphatic carbocycles. The third kappa shape index (κ3) is 2.71. The highest BCUT2D eigenvalue weighted by Crippen LogP contribution is 2.30. The first kappa shape index (κ1) is 11.8. The van der Waals surface area contributed by atoms with Crippen molar-refractivity contribution in [2.75, 3.05) is 12.4 Å². The van der Waals surface area contributed by atoms with E-state index in [1.54, 1.807) is 25.7 Å². The van der Waals surface area contributed by atoms with Crippen molar-refractivity contribution < 1.29 is 4.74 Å². The van der Waals surface area contributed by atoms with Gasteiger partial charge in [0, 0.05) is 11.2 Å². The first-order chi connectivity index (χ1) is 8.20. The summed E-state index contributed by atoms with van der Waals surface area (Å²) in [5, 5.41) is 4.00. The lowest BCUT2D eigenvalue weighted by molar-refractivity contribution is 0.416. The van der Waals surface area contributed by atoms with Crippen LogP contribution in [-0.2, 0) is 0 Å². The first-order valence-corrected chi connectivity index (χ1v) is 5.67. The fourth-order valence-electron chi connectivity index (χ4n) is 1.61. The summed E-state index contributed by atoms with van der Waals surface area (Å²) in [4.78, 5) is 7.05. The molecular weight excluding hydrogens is 238 g/mol. The third-order valence-corrected chi connectivity index (χ3v) is 2.75. The Hall–Kier alpha value is -1.68. The average molecular weight is 252 g/mol. The number of halogens is 1. The fourth-order valence-corrected chi connectivity index (χ4v) is 1.78. The van der Waals surface area contributed by atoms with Gasteiger partial charge in [0.25, 0.3) is 0 Å². The molecule has 0 aliphatic rings. The number of nitrogens with zero attached hydrogens (tertiary/aromatic N) is 1. The number of imidazole rings is 1. The summed E-state index contributed by atoms with van der Waals surface area (Å²) in [5.74, 6) is 0.765. The number of nitrogens with one attached hydrogen (secondary N) is 2. The molecule has 1 aromatic heterocycles. The quantitative estimate of drug-likeness (QED) is 0.877. The van der Waals surface area contributed by atoms with Crippen LogP contribution in [0.5, 0.6) is 5.75 Å². The van der Waals surface area contributed by atoms with Gasteiger partial charge in [-0.25, -0.2) is 4.98 Å². The Morgan fingerprint density at radius 3 is 2.94 bits per heavy atom. The molecule has 1 aromatic carbocycles. The van der Waals surface area contributed by atoms with Crippen LogP contribution in [0.4, 0.5) is 5.69 Å². The van der Waals surface area contributed by atoms with Crippen molar-refractivity contribution in [3.63, 3.8) is 0 Å². The molecule has 0 saturated carbocycles. The average Bonchev–Trinajstić information content (AvgIpc) is 2.83. The molecule has 5 heteroatoms. The molecule has 0 spiro atoms. The van der Waals surface area contributed by atoms with Crippen molar-refractivity contribution in [1.29, 1.82) is 0 Å². The van der Waals surface area contributed by atoms with E-state index in [0.29, 0.717) is 5.02 Å². The van der Waals surface area contributed by atoms with Crippen molar-refractivity contribution in [2.24, 2.45) is 0 Å². The van der Waals surface area contributed by atoms with Gasteiger partial charge in [0.2, 0.25) is 0 Å². The highest BCUT2D eigenvalue weighted by Gasteiger charge is 2.10. The standard InChI is InChI=1S/C12H14ClN3O/c1-8(11-6-14-7-15-11)16-10-5-9(13)3-4-12(10)17-2/h3-8,16H,1-2H3,(H,14,15). The smallest absolute Gasteiger partial charge is 0.142 e. The van der Waals surface area contributed by atoms with E-state index in [2.05, 4.69) is 15.3 Å². The van der Waals surface area contributed by atoms with Gasteiger partial charge in [-0.2, -0.15) is 0 Å². The molecular formula is C12H14ClN3O. The molecule has 4 nitrogen and oxygen atoms in total. The van der Waals surface area contributed by atoms with Crippen molar-refractivity contribution in [2.45, 2.75) is 13.0 Å². The zero-order valence-electron chi connectivity index (χ0n) is 9.70. The summed E-state index contributed by atoms with van der Waals surface area (Å²) in [6.07, 6.45) is 3.44. The summed E-state index contributed by atoms with van der Waals surface area (Å²) in [6, 6.07) is 5.58. The topological polar surface area (TPSA) is 49.9 Å². The van der Waals surface area contributed by atoms with E-state index in [4.69, 9.17) is 16.3 Å². The van der Waals surface area contributed by atoms with Crippen LogP contribution < -0.4 is 10.1 Å².